The summed E-state index contributed by atoms with van der Waals surface area (Å²) in [5.41, 5.74) is 1.19. The molecule has 0 radical (unpaired) electrons. The highest BCUT2D eigenvalue weighted by Crippen LogP contribution is 2.25. The third kappa shape index (κ3) is 3.55. The Kier molecular flexibility index (Phi) is 4.93. The monoisotopic (exact) mass is 276 g/mol. The third-order valence-corrected chi connectivity index (χ3v) is 4.22. The Balaban J connectivity index is 1.96. The Morgan fingerprint density at radius 3 is 2.79 bits per heavy atom. The Labute approximate surface area is 118 Å². The second kappa shape index (κ2) is 6.68. The zero-order chi connectivity index (χ0) is 13.7. The van der Waals surface area contributed by atoms with Crippen LogP contribution >= 0.6 is 11.3 Å². The zero-order valence-corrected chi connectivity index (χ0v) is 12.4. The highest BCUT2D eigenvalue weighted by molar-refractivity contribution is 7.09. The van der Waals surface area contributed by atoms with Crippen molar-refractivity contribution < 1.29 is 4.74 Å². The maximum atomic E-state index is 5.40. The van der Waals surface area contributed by atoms with Crippen LogP contribution in [0, 0.1) is 0 Å². The van der Waals surface area contributed by atoms with Crippen LogP contribution in [0.15, 0.2) is 35.8 Å². The largest absolute Gasteiger partial charge is 0.496 e. The number of hydrogen-bond acceptors (Lipinski definition) is 4. The second-order valence-corrected chi connectivity index (χ2v) is 5.57. The normalized spacial score (nSPS) is 14.1. The van der Waals surface area contributed by atoms with Gasteiger partial charge in [0.1, 0.15) is 5.75 Å². The SMILES string of the molecule is COc1ccccc1C(C)NCC(C)c1nccs1. The first-order chi connectivity index (χ1) is 9.22. The third-order valence-electron chi connectivity index (χ3n) is 3.21. The van der Waals surface area contributed by atoms with Gasteiger partial charge < -0.3 is 10.1 Å². The molecule has 2 rings (SSSR count). The molecule has 2 atom stereocenters. The van der Waals surface area contributed by atoms with Crippen molar-refractivity contribution in [2.75, 3.05) is 13.7 Å². The molecule has 1 N–H and O–H groups in total. The van der Waals surface area contributed by atoms with Crippen LogP contribution in [0.3, 0.4) is 0 Å². The van der Waals surface area contributed by atoms with E-state index in [2.05, 4.69) is 30.2 Å². The van der Waals surface area contributed by atoms with E-state index in [-0.39, 0.29) is 6.04 Å². The second-order valence-electron chi connectivity index (χ2n) is 4.64. The average molecular weight is 276 g/mol. The summed E-state index contributed by atoms with van der Waals surface area (Å²) < 4.78 is 5.40. The van der Waals surface area contributed by atoms with E-state index in [1.54, 1.807) is 18.4 Å². The summed E-state index contributed by atoms with van der Waals surface area (Å²) in [5.74, 6) is 1.36. The van der Waals surface area contributed by atoms with Crippen LogP contribution in [0.1, 0.15) is 36.4 Å². The van der Waals surface area contributed by atoms with E-state index in [9.17, 15) is 0 Å². The van der Waals surface area contributed by atoms with E-state index in [0.717, 1.165) is 12.3 Å². The Morgan fingerprint density at radius 1 is 1.32 bits per heavy atom. The molecule has 0 aliphatic heterocycles. The maximum Gasteiger partial charge on any atom is 0.123 e. The molecular formula is C15H20N2OS. The predicted molar refractivity (Wildman–Crippen MR) is 79.9 cm³/mol. The van der Waals surface area contributed by atoms with Crippen LogP contribution in [-0.4, -0.2) is 18.6 Å². The number of rotatable bonds is 6. The molecule has 1 aromatic carbocycles. The molecule has 4 heteroatoms. The van der Waals surface area contributed by atoms with E-state index in [1.165, 1.54) is 10.6 Å². The van der Waals surface area contributed by atoms with Crippen LogP contribution in [0.2, 0.25) is 0 Å². The molecule has 102 valence electrons. The number of benzene rings is 1. The van der Waals surface area contributed by atoms with E-state index < -0.39 is 0 Å². The molecule has 3 nitrogen and oxygen atoms in total. The molecule has 2 aromatic rings. The van der Waals surface area contributed by atoms with Crippen LogP contribution in [0.25, 0.3) is 0 Å². The van der Waals surface area contributed by atoms with Gasteiger partial charge in [-0.05, 0) is 13.0 Å². The van der Waals surface area contributed by atoms with E-state index in [1.807, 2.05) is 29.8 Å². The fourth-order valence-corrected chi connectivity index (χ4v) is 2.75. The van der Waals surface area contributed by atoms with Gasteiger partial charge >= 0.3 is 0 Å². The fourth-order valence-electron chi connectivity index (χ4n) is 2.05. The van der Waals surface area contributed by atoms with Gasteiger partial charge in [-0.2, -0.15) is 0 Å². The lowest BCUT2D eigenvalue weighted by Gasteiger charge is -2.19. The topological polar surface area (TPSA) is 34.1 Å². The van der Waals surface area contributed by atoms with E-state index in [4.69, 9.17) is 4.74 Å². The first-order valence-electron chi connectivity index (χ1n) is 6.48. The average Bonchev–Trinajstić information content (AvgIpc) is 2.98. The summed E-state index contributed by atoms with van der Waals surface area (Å²) in [6.45, 7) is 5.26. The number of thiazole rings is 1. The van der Waals surface area contributed by atoms with Crippen molar-refractivity contribution in [2.24, 2.45) is 0 Å². The number of aromatic nitrogens is 1. The van der Waals surface area contributed by atoms with Crippen molar-refractivity contribution in [3.63, 3.8) is 0 Å². The maximum absolute atomic E-state index is 5.40. The van der Waals surface area contributed by atoms with Gasteiger partial charge in [0, 0.05) is 35.6 Å². The van der Waals surface area contributed by atoms with Crippen LogP contribution < -0.4 is 10.1 Å². The molecule has 0 saturated carbocycles. The number of ether oxygens (including phenoxy) is 1. The minimum atomic E-state index is 0.263. The number of methoxy groups -OCH3 is 1. The summed E-state index contributed by atoms with van der Waals surface area (Å²) in [6, 6.07) is 8.40. The highest BCUT2D eigenvalue weighted by atomic mass is 32.1. The number of hydrogen-bond donors (Lipinski definition) is 1. The molecule has 0 aliphatic carbocycles. The molecule has 1 aromatic heterocycles. The number of nitrogens with one attached hydrogen (secondary N) is 1. The summed E-state index contributed by atoms with van der Waals surface area (Å²) >= 11 is 1.71. The van der Waals surface area contributed by atoms with Gasteiger partial charge in [-0.1, -0.05) is 25.1 Å². The van der Waals surface area contributed by atoms with E-state index >= 15 is 0 Å². The fraction of sp³-hybridized carbons (Fsp3) is 0.400. The Hall–Kier alpha value is -1.39. The van der Waals surface area contributed by atoms with Gasteiger partial charge in [0.15, 0.2) is 0 Å². The molecule has 0 spiro atoms. The first kappa shape index (κ1) is 14.0. The quantitative estimate of drug-likeness (QED) is 0.875. The molecular weight excluding hydrogens is 256 g/mol. The van der Waals surface area contributed by atoms with Crippen molar-refractivity contribution in [2.45, 2.75) is 25.8 Å². The Morgan fingerprint density at radius 2 is 2.11 bits per heavy atom. The predicted octanol–water partition coefficient (Wildman–Crippen LogP) is 3.61. The van der Waals surface area contributed by atoms with Crippen molar-refractivity contribution in [3.8, 4) is 5.75 Å². The minimum Gasteiger partial charge on any atom is -0.496 e. The van der Waals surface area contributed by atoms with Gasteiger partial charge in [0.05, 0.1) is 12.1 Å². The summed E-state index contributed by atoms with van der Waals surface area (Å²) in [5, 5.41) is 6.75. The molecule has 2 unspecified atom stereocenters. The summed E-state index contributed by atoms with van der Waals surface area (Å²) in [4.78, 5) is 4.35. The first-order valence-corrected chi connectivity index (χ1v) is 7.36. The lowest BCUT2D eigenvalue weighted by Crippen LogP contribution is -2.23. The van der Waals surface area contributed by atoms with Gasteiger partial charge in [0.25, 0.3) is 0 Å². The lowest BCUT2D eigenvalue weighted by atomic mass is 10.1. The lowest BCUT2D eigenvalue weighted by molar-refractivity contribution is 0.400. The van der Waals surface area contributed by atoms with E-state index in [0.29, 0.717) is 5.92 Å². The molecule has 0 saturated heterocycles. The molecule has 0 bridgehead atoms. The van der Waals surface area contributed by atoms with Crippen molar-refractivity contribution in [1.82, 2.24) is 10.3 Å². The summed E-state index contributed by atoms with van der Waals surface area (Å²) in [7, 11) is 1.71. The number of nitrogens with zero attached hydrogens (tertiary/aromatic N) is 1. The van der Waals surface area contributed by atoms with Crippen molar-refractivity contribution in [3.05, 3.63) is 46.4 Å². The van der Waals surface area contributed by atoms with Gasteiger partial charge in [-0.3, -0.25) is 0 Å². The highest BCUT2D eigenvalue weighted by Gasteiger charge is 2.13. The van der Waals surface area contributed by atoms with Crippen molar-refractivity contribution in [1.29, 1.82) is 0 Å². The zero-order valence-electron chi connectivity index (χ0n) is 11.6. The standard InChI is InChI=1S/C15H20N2OS/c1-11(15-16-8-9-19-15)10-17-12(2)13-6-4-5-7-14(13)18-3/h4-9,11-12,17H,10H2,1-3H3. The van der Waals surface area contributed by atoms with Gasteiger partial charge in [-0.15, -0.1) is 11.3 Å². The molecule has 0 amide bonds. The molecule has 1 heterocycles. The molecule has 0 aliphatic rings. The van der Waals surface area contributed by atoms with Crippen LogP contribution in [0.5, 0.6) is 5.75 Å². The van der Waals surface area contributed by atoms with Crippen LogP contribution in [0.4, 0.5) is 0 Å². The van der Waals surface area contributed by atoms with Gasteiger partial charge in [0.2, 0.25) is 0 Å². The van der Waals surface area contributed by atoms with Crippen LogP contribution in [-0.2, 0) is 0 Å². The van der Waals surface area contributed by atoms with Crippen molar-refractivity contribution >= 4 is 11.3 Å². The van der Waals surface area contributed by atoms with Gasteiger partial charge in [-0.25, -0.2) is 4.98 Å². The summed E-state index contributed by atoms with van der Waals surface area (Å²) in [6.07, 6.45) is 1.86. The Bertz CT molecular complexity index is 499. The minimum absolute atomic E-state index is 0.263. The molecule has 0 fully saturated rings. The molecule has 19 heavy (non-hydrogen) atoms. The number of para-hydroxylation sites is 1. The smallest absolute Gasteiger partial charge is 0.123 e.